The average Bonchev–Trinajstić information content (AvgIpc) is 2.75. The van der Waals surface area contributed by atoms with E-state index < -0.39 is 9.84 Å². The first-order valence-corrected chi connectivity index (χ1v) is 12.8. The van der Waals surface area contributed by atoms with Gasteiger partial charge in [-0.25, -0.2) is 8.42 Å². The Morgan fingerprint density at radius 2 is 1.73 bits per heavy atom. The van der Waals surface area contributed by atoms with Crippen molar-refractivity contribution in [3.63, 3.8) is 0 Å². The van der Waals surface area contributed by atoms with E-state index in [1.54, 1.807) is 36.2 Å². The lowest BCUT2D eigenvalue weighted by Gasteiger charge is -2.19. The van der Waals surface area contributed by atoms with Crippen LogP contribution >= 0.6 is 0 Å². The fourth-order valence-corrected chi connectivity index (χ4v) is 3.76. The van der Waals surface area contributed by atoms with Crippen LogP contribution in [-0.2, 0) is 20.0 Å². The van der Waals surface area contributed by atoms with Crippen molar-refractivity contribution in [2.75, 3.05) is 33.0 Å². The van der Waals surface area contributed by atoms with Crippen molar-refractivity contribution in [2.45, 2.75) is 43.9 Å². The lowest BCUT2D eigenvalue weighted by molar-refractivity contribution is -0.129. The Hall–Kier alpha value is -2.87. The zero-order valence-electron chi connectivity index (χ0n) is 20.1. The van der Waals surface area contributed by atoms with Crippen LogP contribution in [0.2, 0.25) is 0 Å². The Balaban J connectivity index is 1.69. The molecule has 2 aromatic carbocycles. The largest absolute Gasteiger partial charge is 0.493 e. The zero-order valence-corrected chi connectivity index (χ0v) is 20.9. The van der Waals surface area contributed by atoms with Crippen molar-refractivity contribution in [3.05, 3.63) is 59.7 Å². The van der Waals surface area contributed by atoms with E-state index in [2.05, 4.69) is 26.1 Å². The lowest BCUT2D eigenvalue weighted by Crippen LogP contribution is -2.33. The summed E-state index contributed by atoms with van der Waals surface area (Å²) in [5.74, 6) is 0.207. The number of carbonyl (C=O) groups excluding carboxylic acids is 2. The number of nitrogens with zero attached hydrogens (tertiary/aromatic N) is 1. The van der Waals surface area contributed by atoms with Crippen LogP contribution in [0.3, 0.4) is 0 Å². The van der Waals surface area contributed by atoms with Gasteiger partial charge in [-0.1, -0.05) is 39.0 Å². The van der Waals surface area contributed by atoms with Crippen LogP contribution in [0.25, 0.3) is 0 Å². The van der Waals surface area contributed by atoms with Crippen LogP contribution in [0.15, 0.2) is 53.4 Å². The summed E-state index contributed by atoms with van der Waals surface area (Å²) in [7, 11) is -1.58. The predicted molar refractivity (Wildman–Crippen MR) is 129 cm³/mol. The molecule has 0 aliphatic carbocycles. The Morgan fingerprint density at radius 1 is 1.06 bits per heavy atom. The number of nitrogens with one attached hydrogen (secondary N) is 1. The van der Waals surface area contributed by atoms with Crippen LogP contribution in [0.4, 0.5) is 0 Å². The van der Waals surface area contributed by atoms with Gasteiger partial charge >= 0.3 is 0 Å². The summed E-state index contributed by atoms with van der Waals surface area (Å²) in [4.78, 5) is 26.4. The normalized spacial score (nSPS) is 11.7. The number of benzene rings is 2. The Kier molecular flexibility index (Phi) is 9.05. The monoisotopic (exact) mass is 474 g/mol. The maximum Gasteiger partial charge on any atom is 0.251 e. The molecule has 0 aliphatic rings. The van der Waals surface area contributed by atoms with E-state index in [1.165, 1.54) is 12.1 Å². The second-order valence-electron chi connectivity index (χ2n) is 9.10. The molecule has 33 heavy (non-hydrogen) atoms. The highest BCUT2D eigenvalue weighted by Gasteiger charge is 2.15. The van der Waals surface area contributed by atoms with Crippen LogP contribution in [0, 0.1) is 0 Å². The first-order chi connectivity index (χ1) is 15.4. The molecular weight excluding hydrogens is 440 g/mol. The molecule has 0 unspecified atom stereocenters. The molecule has 0 aromatic heterocycles. The quantitative estimate of drug-likeness (QED) is 0.533. The van der Waals surface area contributed by atoms with Crippen molar-refractivity contribution < 1.29 is 22.7 Å². The second kappa shape index (κ2) is 11.3. The van der Waals surface area contributed by atoms with Gasteiger partial charge in [-0.15, -0.1) is 0 Å². The van der Waals surface area contributed by atoms with Crippen molar-refractivity contribution in [3.8, 4) is 5.75 Å². The number of rotatable bonds is 10. The smallest absolute Gasteiger partial charge is 0.251 e. The van der Waals surface area contributed by atoms with Gasteiger partial charge < -0.3 is 15.0 Å². The zero-order chi connectivity index (χ0) is 24.6. The van der Waals surface area contributed by atoms with Crippen molar-refractivity contribution in [1.29, 1.82) is 0 Å². The summed E-state index contributed by atoms with van der Waals surface area (Å²) in [6.45, 7) is 7.46. The van der Waals surface area contributed by atoms with Gasteiger partial charge in [-0.3, -0.25) is 9.59 Å². The molecule has 2 aromatic rings. The molecule has 7 nitrogen and oxygen atoms in total. The summed E-state index contributed by atoms with van der Waals surface area (Å²) in [6, 6.07) is 13.8. The number of amides is 2. The molecule has 0 spiro atoms. The minimum absolute atomic E-state index is 0.0250. The summed E-state index contributed by atoms with van der Waals surface area (Å²) in [5, 5.41) is 2.79. The maximum atomic E-state index is 12.3. The molecule has 2 rings (SSSR count). The van der Waals surface area contributed by atoms with Gasteiger partial charge in [0.05, 0.1) is 11.5 Å². The molecule has 0 heterocycles. The number of hydrogen-bond acceptors (Lipinski definition) is 5. The highest BCUT2D eigenvalue weighted by atomic mass is 32.2. The Morgan fingerprint density at radius 3 is 2.33 bits per heavy atom. The number of carbonyl (C=O) groups is 2. The molecule has 180 valence electrons. The topological polar surface area (TPSA) is 92.8 Å². The van der Waals surface area contributed by atoms with Gasteiger partial charge in [0.25, 0.3) is 5.91 Å². The fraction of sp³-hybridized carbons (Fsp3) is 0.440. The maximum absolute atomic E-state index is 12.3. The molecular formula is C25H34N2O5S. The summed E-state index contributed by atoms with van der Waals surface area (Å²) < 4.78 is 28.8. The molecule has 0 atom stereocenters. The van der Waals surface area contributed by atoms with Gasteiger partial charge in [-0.2, -0.15) is 0 Å². The third kappa shape index (κ3) is 8.53. The first kappa shape index (κ1) is 26.4. The van der Waals surface area contributed by atoms with Gasteiger partial charge in [0.15, 0.2) is 9.84 Å². The second-order valence-corrected chi connectivity index (χ2v) is 11.1. The standard InChI is InChI=1S/C25H34N2O5S/c1-25(2,3)20-12-10-19(11-13-20)24(29)26-15-14-23(28)27(4)16-7-17-32-21-8-6-9-22(18-21)33(5,30)31/h6,8-13,18H,7,14-17H2,1-5H3,(H,26,29). The van der Waals surface area contributed by atoms with E-state index in [4.69, 9.17) is 4.74 Å². The summed E-state index contributed by atoms with van der Waals surface area (Å²) in [6.07, 6.45) is 1.95. The van der Waals surface area contributed by atoms with Gasteiger partial charge in [0, 0.05) is 38.4 Å². The molecule has 0 saturated heterocycles. The van der Waals surface area contributed by atoms with Gasteiger partial charge in [-0.05, 0) is 47.7 Å². The predicted octanol–water partition coefficient (Wildman–Crippen LogP) is 3.44. The van der Waals surface area contributed by atoms with E-state index >= 15 is 0 Å². The van der Waals surface area contributed by atoms with Crippen molar-refractivity contribution in [2.24, 2.45) is 0 Å². The highest BCUT2D eigenvalue weighted by molar-refractivity contribution is 7.90. The lowest BCUT2D eigenvalue weighted by atomic mass is 9.87. The molecule has 0 saturated carbocycles. The number of hydrogen-bond donors (Lipinski definition) is 1. The Labute approximate surface area is 197 Å². The minimum atomic E-state index is -3.28. The van der Waals surface area contributed by atoms with E-state index in [-0.39, 0.29) is 35.1 Å². The van der Waals surface area contributed by atoms with E-state index in [9.17, 15) is 18.0 Å². The average molecular weight is 475 g/mol. The number of sulfone groups is 1. The summed E-state index contributed by atoms with van der Waals surface area (Å²) in [5.41, 5.74) is 1.75. The number of ether oxygens (including phenoxy) is 1. The molecule has 2 amide bonds. The Bertz CT molecular complexity index is 1060. The molecule has 0 bridgehead atoms. The SMILES string of the molecule is CN(CCCOc1cccc(S(C)(=O)=O)c1)C(=O)CCNC(=O)c1ccc(C(C)(C)C)cc1. The molecule has 0 aliphatic heterocycles. The molecule has 0 radical (unpaired) electrons. The molecule has 0 fully saturated rings. The van der Waals surface area contributed by atoms with Crippen molar-refractivity contribution >= 4 is 21.7 Å². The third-order valence-electron chi connectivity index (χ3n) is 5.20. The minimum Gasteiger partial charge on any atom is -0.493 e. The molecule has 1 N–H and O–H groups in total. The van der Waals surface area contributed by atoms with E-state index in [0.717, 1.165) is 11.8 Å². The highest BCUT2D eigenvalue weighted by Crippen LogP contribution is 2.22. The van der Waals surface area contributed by atoms with Gasteiger partial charge in [0.1, 0.15) is 5.75 Å². The third-order valence-corrected chi connectivity index (χ3v) is 6.31. The van der Waals surface area contributed by atoms with Crippen LogP contribution in [-0.4, -0.2) is 58.1 Å². The van der Waals surface area contributed by atoms with Crippen LogP contribution < -0.4 is 10.1 Å². The fourth-order valence-electron chi connectivity index (χ4n) is 3.11. The first-order valence-electron chi connectivity index (χ1n) is 10.9. The summed E-state index contributed by atoms with van der Waals surface area (Å²) >= 11 is 0. The van der Waals surface area contributed by atoms with Gasteiger partial charge in [0.2, 0.25) is 5.91 Å². The molecule has 8 heteroatoms. The van der Waals surface area contributed by atoms with Crippen molar-refractivity contribution in [1.82, 2.24) is 10.2 Å². The van der Waals surface area contributed by atoms with E-state index in [0.29, 0.717) is 30.9 Å². The van der Waals surface area contributed by atoms with E-state index in [1.807, 2.05) is 12.1 Å². The van der Waals surface area contributed by atoms with Crippen LogP contribution in [0.1, 0.15) is 49.5 Å². The van der Waals surface area contributed by atoms with Crippen LogP contribution in [0.5, 0.6) is 5.75 Å².